The molecule has 24 heavy (non-hydrogen) atoms. The van der Waals surface area contributed by atoms with E-state index >= 15 is 0 Å². The van der Waals surface area contributed by atoms with Crippen LogP contribution < -0.4 is 10.6 Å². The molecule has 0 spiro atoms. The highest BCUT2D eigenvalue weighted by atomic mass is 35.5. The Morgan fingerprint density at radius 1 is 1.12 bits per heavy atom. The number of nitrogens with one attached hydrogen (secondary N) is 2. The molecular weight excluding hydrogens is 347 g/mol. The Hall–Kier alpha value is -2.61. The molecule has 0 bridgehead atoms. The van der Waals surface area contributed by atoms with E-state index < -0.39 is 29.2 Å². The first-order valence-corrected chi connectivity index (χ1v) is 6.96. The molecule has 2 rings (SSSR count). The highest BCUT2D eigenvalue weighted by Crippen LogP contribution is 2.36. The van der Waals surface area contributed by atoms with Crippen LogP contribution in [-0.4, -0.2) is 16.8 Å². The molecule has 0 radical (unpaired) electrons. The number of anilines is 2. The summed E-state index contributed by atoms with van der Waals surface area (Å²) in [6.45, 7) is 1.18. The van der Waals surface area contributed by atoms with Gasteiger partial charge in [-0.2, -0.15) is 13.2 Å². The summed E-state index contributed by atoms with van der Waals surface area (Å²) in [5.74, 6) is -1.27. The van der Waals surface area contributed by atoms with Crippen molar-refractivity contribution in [1.29, 1.82) is 0 Å². The first-order chi connectivity index (χ1) is 11.2. The summed E-state index contributed by atoms with van der Waals surface area (Å²) in [5, 5.41) is 4.48. The minimum atomic E-state index is -4.72. The van der Waals surface area contributed by atoms with Gasteiger partial charge in [0.15, 0.2) is 0 Å². The van der Waals surface area contributed by atoms with Crippen LogP contribution in [0, 0.1) is 0 Å². The number of carbonyl (C=O) groups excluding carboxylic acids is 2. The van der Waals surface area contributed by atoms with Crippen LogP contribution in [0.25, 0.3) is 0 Å². The maximum absolute atomic E-state index is 13.2. The van der Waals surface area contributed by atoms with Crippen LogP contribution in [0.15, 0.2) is 36.5 Å². The Kier molecular flexibility index (Phi) is 5.08. The van der Waals surface area contributed by atoms with Crippen LogP contribution in [0.4, 0.5) is 24.5 Å². The van der Waals surface area contributed by atoms with Gasteiger partial charge in [0.2, 0.25) is 5.91 Å². The molecule has 1 aromatic heterocycles. The third-order valence-electron chi connectivity index (χ3n) is 2.88. The van der Waals surface area contributed by atoms with Gasteiger partial charge in [-0.25, -0.2) is 4.98 Å². The topological polar surface area (TPSA) is 71.1 Å². The maximum Gasteiger partial charge on any atom is 0.418 e. The summed E-state index contributed by atoms with van der Waals surface area (Å²) in [6.07, 6.45) is -3.45. The van der Waals surface area contributed by atoms with Gasteiger partial charge in [-0.3, -0.25) is 9.59 Å². The SMILES string of the molecule is CC(=O)Nc1ccc(NC(=O)c2ccnc(Cl)c2)c(C(F)(F)F)c1. The lowest BCUT2D eigenvalue weighted by molar-refractivity contribution is -0.137. The third kappa shape index (κ3) is 4.45. The van der Waals surface area contributed by atoms with E-state index in [-0.39, 0.29) is 16.4 Å². The number of benzene rings is 1. The number of pyridine rings is 1. The second-order valence-electron chi connectivity index (χ2n) is 4.76. The van der Waals surface area contributed by atoms with E-state index in [1.807, 2.05) is 0 Å². The summed E-state index contributed by atoms with van der Waals surface area (Å²) in [5.41, 5.74) is -1.48. The molecular formula is C15H11ClF3N3O2. The van der Waals surface area contributed by atoms with Crippen molar-refractivity contribution in [3.8, 4) is 0 Å². The Morgan fingerprint density at radius 2 is 1.83 bits per heavy atom. The van der Waals surface area contributed by atoms with Gasteiger partial charge < -0.3 is 10.6 Å². The molecule has 1 aromatic carbocycles. The lowest BCUT2D eigenvalue weighted by atomic mass is 10.1. The van der Waals surface area contributed by atoms with Gasteiger partial charge in [0.05, 0.1) is 11.3 Å². The Morgan fingerprint density at radius 3 is 2.42 bits per heavy atom. The lowest BCUT2D eigenvalue weighted by Crippen LogP contribution is -2.17. The fourth-order valence-electron chi connectivity index (χ4n) is 1.91. The number of rotatable bonds is 3. The molecule has 2 aromatic rings. The zero-order valence-corrected chi connectivity index (χ0v) is 13.0. The highest BCUT2D eigenvalue weighted by Gasteiger charge is 2.34. The number of alkyl halides is 3. The maximum atomic E-state index is 13.2. The molecule has 2 N–H and O–H groups in total. The smallest absolute Gasteiger partial charge is 0.326 e. The quantitative estimate of drug-likeness (QED) is 0.817. The van der Waals surface area contributed by atoms with Crippen molar-refractivity contribution in [2.75, 3.05) is 10.6 Å². The second-order valence-corrected chi connectivity index (χ2v) is 5.15. The zero-order chi connectivity index (χ0) is 17.9. The van der Waals surface area contributed by atoms with E-state index in [1.165, 1.54) is 31.3 Å². The van der Waals surface area contributed by atoms with Crippen LogP contribution >= 0.6 is 11.6 Å². The molecule has 0 aliphatic heterocycles. The Labute approximate surface area is 139 Å². The van der Waals surface area contributed by atoms with Crippen molar-refractivity contribution in [2.24, 2.45) is 0 Å². The van der Waals surface area contributed by atoms with E-state index in [4.69, 9.17) is 11.6 Å². The molecule has 0 fully saturated rings. The highest BCUT2D eigenvalue weighted by molar-refractivity contribution is 6.29. The zero-order valence-electron chi connectivity index (χ0n) is 12.2. The number of aromatic nitrogens is 1. The van der Waals surface area contributed by atoms with Gasteiger partial charge in [-0.1, -0.05) is 11.6 Å². The summed E-state index contributed by atoms with van der Waals surface area (Å²) < 4.78 is 39.6. The van der Waals surface area contributed by atoms with Crippen LogP contribution in [-0.2, 0) is 11.0 Å². The number of hydrogen-bond donors (Lipinski definition) is 2. The molecule has 126 valence electrons. The predicted molar refractivity (Wildman–Crippen MR) is 82.9 cm³/mol. The minimum absolute atomic E-state index is 0.0280. The van der Waals surface area contributed by atoms with Gasteiger partial charge >= 0.3 is 6.18 Å². The van der Waals surface area contributed by atoms with Crippen LogP contribution in [0.2, 0.25) is 5.15 Å². The Balaban J connectivity index is 2.35. The summed E-state index contributed by atoms with van der Waals surface area (Å²) >= 11 is 5.65. The first-order valence-electron chi connectivity index (χ1n) is 6.58. The van der Waals surface area contributed by atoms with Gasteiger partial charge in [0.1, 0.15) is 5.15 Å². The van der Waals surface area contributed by atoms with Crippen LogP contribution in [0.1, 0.15) is 22.8 Å². The average Bonchev–Trinajstić information content (AvgIpc) is 2.47. The van der Waals surface area contributed by atoms with Crippen molar-refractivity contribution in [2.45, 2.75) is 13.1 Å². The molecule has 0 aliphatic carbocycles. The fraction of sp³-hybridized carbons (Fsp3) is 0.133. The normalized spacial score (nSPS) is 11.0. The number of halogens is 4. The number of hydrogen-bond acceptors (Lipinski definition) is 3. The van der Waals surface area contributed by atoms with E-state index in [0.717, 1.165) is 12.1 Å². The number of amides is 2. The largest absolute Gasteiger partial charge is 0.418 e. The van der Waals surface area contributed by atoms with Gasteiger partial charge in [0.25, 0.3) is 5.91 Å². The van der Waals surface area contributed by atoms with E-state index in [0.29, 0.717) is 0 Å². The van der Waals surface area contributed by atoms with E-state index in [1.54, 1.807) is 0 Å². The van der Waals surface area contributed by atoms with Crippen molar-refractivity contribution in [3.63, 3.8) is 0 Å². The summed E-state index contributed by atoms with van der Waals surface area (Å²) in [4.78, 5) is 26.7. The second kappa shape index (κ2) is 6.88. The predicted octanol–water partition coefficient (Wildman–Crippen LogP) is 3.96. The Bertz CT molecular complexity index is 794. The van der Waals surface area contributed by atoms with E-state index in [2.05, 4.69) is 15.6 Å². The molecule has 2 amide bonds. The van der Waals surface area contributed by atoms with Crippen molar-refractivity contribution >= 4 is 34.8 Å². The lowest BCUT2D eigenvalue weighted by Gasteiger charge is -2.15. The summed E-state index contributed by atoms with van der Waals surface area (Å²) in [6, 6.07) is 5.62. The molecule has 0 saturated heterocycles. The third-order valence-corrected chi connectivity index (χ3v) is 3.09. The summed E-state index contributed by atoms with van der Waals surface area (Å²) in [7, 11) is 0. The fourth-order valence-corrected chi connectivity index (χ4v) is 2.08. The molecule has 0 aliphatic rings. The van der Waals surface area contributed by atoms with E-state index in [9.17, 15) is 22.8 Å². The molecule has 5 nitrogen and oxygen atoms in total. The minimum Gasteiger partial charge on any atom is -0.326 e. The monoisotopic (exact) mass is 357 g/mol. The standard InChI is InChI=1S/C15H11ClF3N3O2/c1-8(23)21-10-2-3-12(11(7-10)15(17,18)19)22-14(24)9-4-5-20-13(16)6-9/h2-7H,1H3,(H,21,23)(H,22,24). The molecule has 1 heterocycles. The van der Waals surface area contributed by atoms with Crippen molar-refractivity contribution in [3.05, 3.63) is 52.8 Å². The van der Waals surface area contributed by atoms with Gasteiger partial charge in [-0.05, 0) is 30.3 Å². The molecule has 0 saturated carbocycles. The van der Waals surface area contributed by atoms with Crippen molar-refractivity contribution in [1.82, 2.24) is 4.98 Å². The number of nitrogens with zero attached hydrogens (tertiary/aromatic N) is 1. The van der Waals surface area contributed by atoms with Gasteiger partial charge in [-0.15, -0.1) is 0 Å². The first kappa shape index (κ1) is 17.7. The molecule has 0 atom stereocenters. The van der Waals surface area contributed by atoms with Crippen molar-refractivity contribution < 1.29 is 22.8 Å². The van der Waals surface area contributed by atoms with Crippen LogP contribution in [0.5, 0.6) is 0 Å². The average molecular weight is 358 g/mol. The molecule has 9 heteroatoms. The molecule has 0 unspecified atom stereocenters. The number of carbonyl (C=O) groups is 2. The van der Waals surface area contributed by atoms with Crippen LogP contribution in [0.3, 0.4) is 0 Å². The van der Waals surface area contributed by atoms with Gasteiger partial charge in [0, 0.05) is 24.4 Å².